The van der Waals surface area contributed by atoms with Gasteiger partial charge in [-0.1, -0.05) is 6.92 Å². The van der Waals surface area contributed by atoms with Crippen LogP contribution in [-0.2, 0) is 9.59 Å². The fourth-order valence-corrected chi connectivity index (χ4v) is 2.34. The molecular formula is C16H20N2O2. The average molecular weight is 272 g/mol. The van der Waals surface area contributed by atoms with Gasteiger partial charge < -0.3 is 10.6 Å². The van der Waals surface area contributed by atoms with Crippen molar-refractivity contribution in [2.75, 3.05) is 10.6 Å². The maximum Gasteiger partial charge on any atom is 0.221 e. The van der Waals surface area contributed by atoms with Crippen molar-refractivity contribution in [1.29, 1.82) is 0 Å². The Morgan fingerprint density at radius 2 is 1.90 bits per heavy atom. The van der Waals surface area contributed by atoms with Crippen LogP contribution < -0.4 is 10.6 Å². The fourth-order valence-electron chi connectivity index (χ4n) is 2.34. The van der Waals surface area contributed by atoms with Gasteiger partial charge in [-0.2, -0.15) is 0 Å². The summed E-state index contributed by atoms with van der Waals surface area (Å²) >= 11 is 0. The van der Waals surface area contributed by atoms with Crippen LogP contribution in [0.25, 0.3) is 0 Å². The second-order valence-corrected chi connectivity index (χ2v) is 5.23. The number of rotatable bonds is 3. The van der Waals surface area contributed by atoms with E-state index in [9.17, 15) is 9.59 Å². The highest BCUT2D eigenvalue weighted by Crippen LogP contribution is 2.25. The topological polar surface area (TPSA) is 58.2 Å². The molecule has 1 saturated carbocycles. The lowest BCUT2D eigenvalue weighted by molar-refractivity contribution is -0.120. The van der Waals surface area contributed by atoms with Crippen LogP contribution in [0.15, 0.2) is 36.0 Å². The molecule has 20 heavy (non-hydrogen) atoms. The lowest BCUT2D eigenvalue weighted by Gasteiger charge is -2.19. The highest BCUT2D eigenvalue weighted by atomic mass is 16.1. The third-order valence-corrected chi connectivity index (χ3v) is 3.47. The lowest BCUT2D eigenvalue weighted by Crippen LogP contribution is -2.19. The Balaban J connectivity index is 1.99. The number of allylic oxidation sites excluding steroid dienone is 1. The Hall–Kier alpha value is -2.10. The van der Waals surface area contributed by atoms with Crippen molar-refractivity contribution in [1.82, 2.24) is 0 Å². The Bertz CT molecular complexity index is 532. The highest BCUT2D eigenvalue weighted by Gasteiger charge is 2.22. The number of Topliss-reactive ketones (excluding diaryl/α,β-unsaturated/α-hetero) is 1. The van der Waals surface area contributed by atoms with E-state index in [4.69, 9.17) is 0 Å². The van der Waals surface area contributed by atoms with Crippen molar-refractivity contribution in [3.05, 3.63) is 36.0 Å². The monoisotopic (exact) mass is 272 g/mol. The molecule has 0 saturated heterocycles. The Labute approximate surface area is 119 Å². The molecule has 1 atom stereocenters. The first-order valence-electron chi connectivity index (χ1n) is 6.93. The van der Waals surface area contributed by atoms with E-state index in [-0.39, 0.29) is 17.6 Å². The predicted octanol–water partition coefficient (Wildman–Crippen LogP) is 3.33. The summed E-state index contributed by atoms with van der Waals surface area (Å²) in [6.07, 6.45) is 4.72. The molecule has 0 bridgehead atoms. The van der Waals surface area contributed by atoms with Crippen molar-refractivity contribution in [3.63, 3.8) is 0 Å². The summed E-state index contributed by atoms with van der Waals surface area (Å²) in [4.78, 5) is 22.9. The number of carbonyl (C=O) groups is 2. The van der Waals surface area contributed by atoms with Gasteiger partial charge in [-0.25, -0.2) is 0 Å². The van der Waals surface area contributed by atoms with Crippen LogP contribution >= 0.6 is 0 Å². The summed E-state index contributed by atoms with van der Waals surface area (Å²) in [7, 11) is 0. The van der Waals surface area contributed by atoms with E-state index in [0.717, 1.165) is 36.2 Å². The quantitative estimate of drug-likeness (QED) is 0.830. The van der Waals surface area contributed by atoms with Crippen LogP contribution in [-0.4, -0.2) is 11.7 Å². The number of hydrogen-bond donors (Lipinski definition) is 2. The minimum atomic E-state index is -0.0883. The van der Waals surface area contributed by atoms with Crippen LogP contribution in [0.2, 0.25) is 0 Å². The van der Waals surface area contributed by atoms with Gasteiger partial charge in [0.2, 0.25) is 5.91 Å². The van der Waals surface area contributed by atoms with Crippen molar-refractivity contribution in [2.45, 2.75) is 33.1 Å². The molecule has 2 N–H and O–H groups in total. The summed E-state index contributed by atoms with van der Waals surface area (Å²) in [5.41, 5.74) is 2.53. The largest absolute Gasteiger partial charge is 0.361 e. The molecule has 0 aliphatic heterocycles. The molecule has 1 aliphatic carbocycles. The zero-order chi connectivity index (χ0) is 14.5. The van der Waals surface area contributed by atoms with E-state index in [2.05, 4.69) is 10.6 Å². The van der Waals surface area contributed by atoms with Crippen molar-refractivity contribution < 1.29 is 9.59 Å². The molecule has 4 heteroatoms. The fraction of sp³-hybridized carbons (Fsp3) is 0.375. The first-order valence-corrected chi connectivity index (χ1v) is 6.93. The zero-order valence-electron chi connectivity index (χ0n) is 11.9. The van der Waals surface area contributed by atoms with E-state index < -0.39 is 0 Å². The predicted molar refractivity (Wildman–Crippen MR) is 80.5 cm³/mol. The second kappa shape index (κ2) is 6.37. The van der Waals surface area contributed by atoms with Crippen molar-refractivity contribution >= 4 is 23.1 Å². The molecule has 0 aromatic heterocycles. The standard InChI is InChI=1S/C16H20N2O2/c1-11-4-3-5-13(16(11)20)10-17-14-6-8-15(9-7-14)18-12(2)19/h6-11,17H,3-5H2,1-2H3,(H,18,19)/b13-10-/t11-/m0/s1. The van der Waals surface area contributed by atoms with Gasteiger partial charge in [0.05, 0.1) is 0 Å². The van der Waals surface area contributed by atoms with Gasteiger partial charge >= 0.3 is 0 Å². The van der Waals surface area contributed by atoms with Gasteiger partial charge in [0, 0.05) is 36.0 Å². The number of benzene rings is 1. The van der Waals surface area contributed by atoms with Crippen LogP contribution in [0, 0.1) is 5.92 Å². The van der Waals surface area contributed by atoms with Crippen LogP contribution in [0.1, 0.15) is 33.1 Å². The zero-order valence-corrected chi connectivity index (χ0v) is 11.9. The van der Waals surface area contributed by atoms with Gasteiger partial charge in [-0.3, -0.25) is 9.59 Å². The lowest BCUT2D eigenvalue weighted by atomic mass is 9.86. The molecular weight excluding hydrogens is 252 g/mol. The first kappa shape index (κ1) is 14.3. The van der Waals surface area contributed by atoms with Crippen LogP contribution in [0.5, 0.6) is 0 Å². The van der Waals surface area contributed by atoms with Crippen molar-refractivity contribution in [3.8, 4) is 0 Å². The van der Waals surface area contributed by atoms with Crippen molar-refractivity contribution in [2.24, 2.45) is 5.92 Å². The Morgan fingerprint density at radius 3 is 2.55 bits per heavy atom. The van der Waals surface area contributed by atoms with Gasteiger partial charge in [-0.15, -0.1) is 0 Å². The first-order chi connectivity index (χ1) is 9.56. The number of amides is 1. The molecule has 1 aromatic rings. The van der Waals surface area contributed by atoms with E-state index in [1.165, 1.54) is 6.92 Å². The summed E-state index contributed by atoms with van der Waals surface area (Å²) in [5.74, 6) is 0.298. The SMILES string of the molecule is CC(=O)Nc1ccc(N/C=C2/CCC[C@H](C)C2=O)cc1. The normalized spacial score (nSPS) is 20.8. The molecule has 0 unspecified atom stereocenters. The maximum absolute atomic E-state index is 12.0. The third kappa shape index (κ3) is 3.70. The molecule has 1 fully saturated rings. The molecule has 0 heterocycles. The number of nitrogens with one attached hydrogen (secondary N) is 2. The summed E-state index contributed by atoms with van der Waals surface area (Å²) in [6.45, 7) is 3.46. The van der Waals surface area contributed by atoms with E-state index in [1.807, 2.05) is 37.4 Å². The molecule has 4 nitrogen and oxygen atoms in total. The van der Waals surface area contributed by atoms with Gasteiger partial charge in [0.1, 0.15) is 0 Å². The molecule has 1 aromatic carbocycles. The molecule has 1 aliphatic rings. The second-order valence-electron chi connectivity index (χ2n) is 5.23. The Morgan fingerprint density at radius 1 is 1.25 bits per heavy atom. The minimum absolute atomic E-state index is 0.0883. The number of anilines is 2. The molecule has 0 radical (unpaired) electrons. The number of ketones is 1. The van der Waals surface area contributed by atoms with Gasteiger partial charge in [0.25, 0.3) is 0 Å². The third-order valence-electron chi connectivity index (χ3n) is 3.47. The Kier molecular flexibility index (Phi) is 4.56. The van der Waals surface area contributed by atoms with Crippen LogP contribution in [0.4, 0.5) is 11.4 Å². The van der Waals surface area contributed by atoms with E-state index >= 15 is 0 Å². The highest BCUT2D eigenvalue weighted by molar-refractivity contribution is 5.97. The molecule has 0 spiro atoms. The summed E-state index contributed by atoms with van der Waals surface area (Å²) < 4.78 is 0. The number of carbonyl (C=O) groups excluding carboxylic acids is 2. The summed E-state index contributed by atoms with van der Waals surface area (Å²) in [6, 6.07) is 7.40. The van der Waals surface area contributed by atoms with Gasteiger partial charge in [-0.05, 0) is 43.5 Å². The average Bonchev–Trinajstić information content (AvgIpc) is 2.41. The molecule has 1 amide bonds. The summed E-state index contributed by atoms with van der Waals surface area (Å²) in [5, 5.41) is 5.86. The minimum Gasteiger partial charge on any atom is -0.361 e. The molecule has 106 valence electrons. The van der Waals surface area contributed by atoms with E-state index in [1.54, 1.807) is 0 Å². The van der Waals surface area contributed by atoms with Crippen LogP contribution in [0.3, 0.4) is 0 Å². The van der Waals surface area contributed by atoms with Gasteiger partial charge in [0.15, 0.2) is 5.78 Å². The number of hydrogen-bond acceptors (Lipinski definition) is 3. The van der Waals surface area contributed by atoms with E-state index in [0.29, 0.717) is 0 Å². The molecule has 2 rings (SSSR count). The smallest absolute Gasteiger partial charge is 0.221 e. The maximum atomic E-state index is 12.0.